The minimum atomic E-state index is -3.31. The van der Waals surface area contributed by atoms with Crippen molar-refractivity contribution < 1.29 is 13.2 Å². The molecule has 1 aliphatic heterocycles. The third-order valence-electron chi connectivity index (χ3n) is 3.61. The molecule has 1 fully saturated rings. The van der Waals surface area contributed by atoms with Gasteiger partial charge in [-0.15, -0.1) is 0 Å². The molecule has 1 unspecified atom stereocenters. The molecule has 5 nitrogen and oxygen atoms in total. The molecule has 0 bridgehead atoms. The van der Waals surface area contributed by atoms with Crippen molar-refractivity contribution in [3.63, 3.8) is 0 Å². The number of rotatable bonds is 4. The molecule has 0 amide bonds. The fourth-order valence-electron chi connectivity index (χ4n) is 2.54. The smallest absolute Gasteiger partial charge is 0.177 e. The highest BCUT2D eigenvalue weighted by atomic mass is 32.2. The van der Waals surface area contributed by atoms with E-state index in [0.29, 0.717) is 5.69 Å². The van der Waals surface area contributed by atoms with Crippen LogP contribution in [0.4, 0.5) is 11.4 Å². The van der Waals surface area contributed by atoms with Gasteiger partial charge in [-0.3, -0.25) is 0 Å². The third-order valence-corrected chi connectivity index (χ3v) is 4.76. The molecule has 1 atom stereocenters. The molecule has 20 heavy (non-hydrogen) atoms. The maximum absolute atomic E-state index is 11.7. The van der Waals surface area contributed by atoms with Crippen LogP contribution in [0.2, 0.25) is 0 Å². The van der Waals surface area contributed by atoms with E-state index in [1.807, 2.05) is 18.0 Å². The van der Waals surface area contributed by atoms with E-state index < -0.39 is 9.84 Å². The maximum atomic E-state index is 11.7. The number of nitrogens with zero attached hydrogens (tertiary/aromatic N) is 1. The quantitative estimate of drug-likeness (QED) is 0.856. The van der Waals surface area contributed by atoms with Crippen LogP contribution in [0.5, 0.6) is 0 Å². The van der Waals surface area contributed by atoms with Crippen LogP contribution in [0.15, 0.2) is 23.1 Å². The van der Waals surface area contributed by atoms with E-state index in [4.69, 9.17) is 10.5 Å². The van der Waals surface area contributed by atoms with Gasteiger partial charge in [0.25, 0.3) is 0 Å². The summed E-state index contributed by atoms with van der Waals surface area (Å²) in [6, 6.07) is 5.10. The van der Waals surface area contributed by atoms with Gasteiger partial charge in [0.05, 0.1) is 22.4 Å². The highest BCUT2D eigenvalue weighted by Crippen LogP contribution is 2.29. The number of hydrogen-bond donors (Lipinski definition) is 1. The molecule has 0 spiro atoms. The second kappa shape index (κ2) is 6.01. The van der Waals surface area contributed by atoms with Crippen LogP contribution in [0, 0.1) is 0 Å². The fraction of sp³-hybridized carbons (Fsp3) is 0.571. The molecule has 112 valence electrons. The molecule has 1 aliphatic rings. The van der Waals surface area contributed by atoms with Crippen molar-refractivity contribution in [2.75, 3.05) is 37.1 Å². The molecule has 2 rings (SSSR count). The summed E-state index contributed by atoms with van der Waals surface area (Å²) in [4.78, 5) is 2.16. The average molecular weight is 298 g/mol. The van der Waals surface area contributed by atoms with Crippen LogP contribution in [0.25, 0.3) is 0 Å². The van der Waals surface area contributed by atoms with Gasteiger partial charge in [0.1, 0.15) is 0 Å². The summed E-state index contributed by atoms with van der Waals surface area (Å²) in [5.41, 5.74) is 7.07. The van der Waals surface area contributed by atoms with Crippen LogP contribution < -0.4 is 10.6 Å². The second-order valence-electron chi connectivity index (χ2n) is 5.33. The van der Waals surface area contributed by atoms with Crippen LogP contribution in [0.1, 0.15) is 19.3 Å². The first-order chi connectivity index (χ1) is 9.39. The summed E-state index contributed by atoms with van der Waals surface area (Å²) in [5.74, 6) is 0. The lowest BCUT2D eigenvalue weighted by Gasteiger charge is -2.29. The van der Waals surface area contributed by atoms with E-state index in [1.165, 1.54) is 12.7 Å². The Balaban J connectivity index is 2.19. The van der Waals surface area contributed by atoms with Gasteiger partial charge in [0, 0.05) is 26.5 Å². The summed E-state index contributed by atoms with van der Waals surface area (Å²) in [7, 11) is -1.39. The van der Waals surface area contributed by atoms with Crippen molar-refractivity contribution >= 4 is 21.2 Å². The van der Waals surface area contributed by atoms with Gasteiger partial charge in [0.2, 0.25) is 0 Å². The van der Waals surface area contributed by atoms with Gasteiger partial charge in [0.15, 0.2) is 9.84 Å². The molecule has 1 heterocycles. The number of anilines is 2. The van der Waals surface area contributed by atoms with Crippen LogP contribution >= 0.6 is 0 Å². The molecule has 0 saturated carbocycles. The van der Waals surface area contributed by atoms with Crippen molar-refractivity contribution in [1.82, 2.24) is 0 Å². The topological polar surface area (TPSA) is 72.6 Å². The Morgan fingerprint density at radius 3 is 2.75 bits per heavy atom. The molecule has 2 N–H and O–H groups in total. The SMILES string of the molecule is CN(CC1CCCCO1)c1cccc(S(C)(=O)=O)c1N. The minimum absolute atomic E-state index is 0.186. The highest BCUT2D eigenvalue weighted by Gasteiger charge is 2.20. The number of hydrogen-bond acceptors (Lipinski definition) is 5. The maximum Gasteiger partial charge on any atom is 0.177 e. The van der Waals surface area contributed by atoms with Crippen LogP contribution in [-0.4, -0.2) is 41.0 Å². The number of sulfone groups is 1. The predicted molar refractivity (Wildman–Crippen MR) is 80.8 cm³/mol. The van der Waals surface area contributed by atoms with Crippen molar-refractivity contribution in [2.24, 2.45) is 0 Å². The molecular weight excluding hydrogens is 276 g/mol. The van der Waals surface area contributed by atoms with Gasteiger partial charge in [-0.2, -0.15) is 0 Å². The van der Waals surface area contributed by atoms with E-state index in [-0.39, 0.29) is 11.0 Å². The van der Waals surface area contributed by atoms with Gasteiger partial charge in [-0.05, 0) is 31.4 Å². The van der Waals surface area contributed by atoms with Crippen molar-refractivity contribution in [3.05, 3.63) is 18.2 Å². The number of ether oxygens (including phenoxy) is 1. The van der Waals surface area contributed by atoms with E-state index in [0.717, 1.165) is 31.7 Å². The van der Waals surface area contributed by atoms with Gasteiger partial charge < -0.3 is 15.4 Å². The molecule has 1 aromatic rings. The molecule has 0 radical (unpaired) electrons. The Hall–Kier alpha value is -1.27. The monoisotopic (exact) mass is 298 g/mol. The Bertz CT molecular complexity index is 566. The third kappa shape index (κ3) is 3.43. The minimum Gasteiger partial charge on any atom is -0.396 e. The zero-order valence-corrected chi connectivity index (χ0v) is 12.8. The number of likely N-dealkylation sites (N-methyl/N-ethyl adjacent to an activating group) is 1. The van der Waals surface area contributed by atoms with Crippen LogP contribution in [-0.2, 0) is 14.6 Å². The Morgan fingerprint density at radius 2 is 2.15 bits per heavy atom. The van der Waals surface area contributed by atoms with Crippen molar-refractivity contribution in [2.45, 2.75) is 30.3 Å². The molecule has 6 heteroatoms. The van der Waals surface area contributed by atoms with Gasteiger partial charge in [-0.25, -0.2) is 8.42 Å². The van der Waals surface area contributed by atoms with Crippen molar-refractivity contribution in [1.29, 1.82) is 0 Å². The zero-order chi connectivity index (χ0) is 14.8. The summed E-state index contributed by atoms with van der Waals surface area (Å²) < 4.78 is 29.1. The number of nitrogen functional groups attached to an aromatic ring is 1. The largest absolute Gasteiger partial charge is 0.396 e. The Labute approximate surface area is 120 Å². The second-order valence-corrected chi connectivity index (χ2v) is 7.31. The van der Waals surface area contributed by atoms with Gasteiger partial charge in [-0.1, -0.05) is 6.07 Å². The first-order valence-corrected chi connectivity index (χ1v) is 8.70. The number of para-hydroxylation sites is 1. The summed E-state index contributed by atoms with van der Waals surface area (Å²) in [6.07, 6.45) is 4.70. The summed E-state index contributed by atoms with van der Waals surface area (Å²) >= 11 is 0. The highest BCUT2D eigenvalue weighted by molar-refractivity contribution is 7.90. The number of benzene rings is 1. The van der Waals surface area contributed by atoms with E-state index in [2.05, 4.69) is 0 Å². The molecular formula is C14H22N2O3S. The standard InChI is InChI=1S/C14H22N2O3S/c1-16(10-11-6-3-4-9-19-11)12-7-5-8-13(14(12)15)20(2,17)18/h5,7-8,11H,3-4,6,9-10,15H2,1-2H3. The fourth-order valence-corrected chi connectivity index (χ4v) is 3.37. The Morgan fingerprint density at radius 1 is 1.40 bits per heavy atom. The lowest BCUT2D eigenvalue weighted by molar-refractivity contribution is 0.0216. The lowest BCUT2D eigenvalue weighted by Crippen LogP contribution is -2.33. The van der Waals surface area contributed by atoms with E-state index >= 15 is 0 Å². The molecule has 0 aromatic heterocycles. The van der Waals surface area contributed by atoms with Crippen LogP contribution in [0.3, 0.4) is 0 Å². The summed E-state index contributed by atoms with van der Waals surface area (Å²) in [6.45, 7) is 1.52. The average Bonchev–Trinajstić information content (AvgIpc) is 2.38. The number of nitrogens with two attached hydrogens (primary N) is 1. The Kier molecular flexibility index (Phi) is 4.55. The van der Waals surface area contributed by atoms with Crippen molar-refractivity contribution in [3.8, 4) is 0 Å². The normalized spacial score (nSPS) is 19.8. The van der Waals surface area contributed by atoms with Gasteiger partial charge >= 0.3 is 0 Å². The molecule has 1 aromatic carbocycles. The predicted octanol–water partition coefficient (Wildman–Crippen LogP) is 1.68. The van der Waals surface area contributed by atoms with E-state index in [9.17, 15) is 8.42 Å². The molecule has 1 saturated heterocycles. The molecule has 0 aliphatic carbocycles. The first kappa shape index (κ1) is 15.1. The zero-order valence-electron chi connectivity index (χ0n) is 12.0. The lowest BCUT2D eigenvalue weighted by atomic mass is 10.1. The van der Waals surface area contributed by atoms with E-state index in [1.54, 1.807) is 12.1 Å². The first-order valence-electron chi connectivity index (χ1n) is 6.81. The summed E-state index contributed by atoms with van der Waals surface area (Å²) in [5, 5.41) is 0.